The zero-order valence-electron chi connectivity index (χ0n) is 9.55. The van der Waals surface area contributed by atoms with Gasteiger partial charge in [-0.15, -0.1) is 11.3 Å². The number of halogens is 1. The van der Waals surface area contributed by atoms with Gasteiger partial charge >= 0.3 is 0 Å². The highest BCUT2D eigenvalue weighted by atomic mass is 35.5. The van der Waals surface area contributed by atoms with Gasteiger partial charge in [0, 0.05) is 17.6 Å². The Morgan fingerprint density at radius 3 is 2.89 bits per heavy atom. The number of hydrogen-bond acceptors (Lipinski definition) is 4. The molecule has 7 heteroatoms. The highest BCUT2D eigenvalue weighted by Crippen LogP contribution is 2.17. The summed E-state index contributed by atoms with van der Waals surface area (Å²) in [5.41, 5.74) is 0.635. The molecule has 18 heavy (non-hydrogen) atoms. The first-order valence-electron chi connectivity index (χ1n) is 5.13. The van der Waals surface area contributed by atoms with Crippen molar-refractivity contribution in [3.8, 4) is 0 Å². The quantitative estimate of drug-likeness (QED) is 0.883. The maximum absolute atomic E-state index is 12.0. The molecule has 4 nitrogen and oxygen atoms in total. The summed E-state index contributed by atoms with van der Waals surface area (Å²) in [6, 6.07) is 5.26. The number of sulfonamides is 1. The zero-order valence-corrected chi connectivity index (χ0v) is 11.9. The van der Waals surface area contributed by atoms with Gasteiger partial charge in [-0.3, -0.25) is 0 Å². The second-order valence-electron chi connectivity index (χ2n) is 3.68. The largest absolute Gasteiger partial charge is 0.243 e. The standard InChI is InChI=1S/C11H11ClN2O2S2/c1-8-5-10(7-13-11(8)12)18(15,16)14-6-9-3-2-4-17-9/h2-5,7,14H,6H2,1H3. The fourth-order valence-electron chi connectivity index (χ4n) is 1.34. The zero-order chi connectivity index (χ0) is 13.2. The summed E-state index contributed by atoms with van der Waals surface area (Å²) in [5, 5.41) is 2.21. The Hall–Kier alpha value is -0.950. The summed E-state index contributed by atoms with van der Waals surface area (Å²) in [7, 11) is -3.54. The van der Waals surface area contributed by atoms with Crippen molar-refractivity contribution >= 4 is 33.0 Å². The van der Waals surface area contributed by atoms with Crippen molar-refractivity contribution in [2.75, 3.05) is 0 Å². The van der Waals surface area contributed by atoms with Crippen LogP contribution in [0.15, 0.2) is 34.7 Å². The molecule has 0 saturated carbocycles. The second-order valence-corrected chi connectivity index (χ2v) is 6.84. The van der Waals surface area contributed by atoms with Gasteiger partial charge in [-0.25, -0.2) is 18.1 Å². The van der Waals surface area contributed by atoms with E-state index in [4.69, 9.17) is 11.6 Å². The molecule has 0 unspecified atom stereocenters. The highest BCUT2D eigenvalue weighted by molar-refractivity contribution is 7.89. The van der Waals surface area contributed by atoms with Crippen LogP contribution in [0.3, 0.4) is 0 Å². The minimum absolute atomic E-state index is 0.126. The number of aromatic nitrogens is 1. The van der Waals surface area contributed by atoms with Crippen LogP contribution in [0.2, 0.25) is 5.15 Å². The van der Waals surface area contributed by atoms with Crippen LogP contribution in [0, 0.1) is 6.92 Å². The SMILES string of the molecule is Cc1cc(S(=O)(=O)NCc2cccs2)cnc1Cl. The Morgan fingerprint density at radius 1 is 1.50 bits per heavy atom. The Bertz CT molecular complexity index is 639. The molecule has 0 aliphatic rings. The van der Waals surface area contributed by atoms with Crippen molar-refractivity contribution in [2.45, 2.75) is 18.4 Å². The van der Waals surface area contributed by atoms with E-state index in [0.29, 0.717) is 10.7 Å². The van der Waals surface area contributed by atoms with E-state index < -0.39 is 10.0 Å². The average molecular weight is 303 g/mol. The van der Waals surface area contributed by atoms with Crippen molar-refractivity contribution in [1.29, 1.82) is 0 Å². The predicted molar refractivity (Wildman–Crippen MR) is 72.3 cm³/mol. The molecular formula is C11H11ClN2O2S2. The van der Waals surface area contributed by atoms with Crippen LogP contribution in [0.25, 0.3) is 0 Å². The summed E-state index contributed by atoms with van der Waals surface area (Å²) < 4.78 is 26.5. The number of thiophene rings is 1. The van der Waals surface area contributed by atoms with E-state index in [-0.39, 0.29) is 11.4 Å². The smallest absolute Gasteiger partial charge is 0.242 e. The first kappa shape index (κ1) is 13.5. The number of nitrogens with one attached hydrogen (secondary N) is 1. The van der Waals surface area contributed by atoms with Crippen LogP contribution in [0.5, 0.6) is 0 Å². The summed E-state index contributed by atoms with van der Waals surface area (Å²) >= 11 is 7.27. The van der Waals surface area contributed by atoms with Gasteiger partial charge in [0.25, 0.3) is 0 Å². The molecule has 0 aromatic carbocycles. The van der Waals surface area contributed by atoms with Crippen LogP contribution in [0.1, 0.15) is 10.4 Å². The number of pyridine rings is 1. The van der Waals surface area contributed by atoms with Crippen molar-refractivity contribution < 1.29 is 8.42 Å². The monoisotopic (exact) mass is 302 g/mol. The molecule has 2 rings (SSSR count). The molecule has 0 aliphatic heterocycles. The van der Waals surface area contributed by atoms with Crippen molar-refractivity contribution in [3.63, 3.8) is 0 Å². The molecule has 0 spiro atoms. The number of rotatable bonds is 4. The van der Waals surface area contributed by atoms with Gasteiger partial charge in [-0.1, -0.05) is 17.7 Å². The molecule has 2 heterocycles. The summed E-state index contributed by atoms with van der Waals surface area (Å²) in [5.74, 6) is 0. The third kappa shape index (κ3) is 3.08. The molecule has 0 amide bonds. The summed E-state index contributed by atoms with van der Waals surface area (Å²) in [6.45, 7) is 2.00. The Labute approximate surface area is 115 Å². The minimum Gasteiger partial charge on any atom is -0.243 e. The molecule has 0 radical (unpaired) electrons. The number of nitrogens with zero attached hydrogens (tertiary/aromatic N) is 1. The number of aryl methyl sites for hydroxylation is 1. The molecule has 0 fully saturated rings. The molecule has 96 valence electrons. The average Bonchev–Trinajstić information content (AvgIpc) is 2.83. The van der Waals surface area contributed by atoms with Gasteiger partial charge < -0.3 is 0 Å². The molecular weight excluding hydrogens is 292 g/mol. The fraction of sp³-hybridized carbons (Fsp3) is 0.182. The second kappa shape index (κ2) is 5.36. The Kier molecular flexibility index (Phi) is 4.01. The lowest BCUT2D eigenvalue weighted by atomic mass is 10.3. The van der Waals surface area contributed by atoms with E-state index in [1.807, 2.05) is 17.5 Å². The van der Waals surface area contributed by atoms with Crippen LogP contribution in [-0.4, -0.2) is 13.4 Å². The molecule has 2 aromatic rings. The first-order valence-corrected chi connectivity index (χ1v) is 7.87. The third-order valence-electron chi connectivity index (χ3n) is 2.32. The molecule has 0 bridgehead atoms. The topological polar surface area (TPSA) is 59.1 Å². The summed E-state index contributed by atoms with van der Waals surface area (Å²) in [4.78, 5) is 4.92. The first-order chi connectivity index (χ1) is 8.49. The van der Waals surface area contributed by atoms with E-state index in [1.54, 1.807) is 6.92 Å². The van der Waals surface area contributed by atoms with Gasteiger partial charge in [0.1, 0.15) is 10.0 Å². The van der Waals surface area contributed by atoms with Crippen molar-refractivity contribution in [2.24, 2.45) is 0 Å². The lowest BCUT2D eigenvalue weighted by Gasteiger charge is -2.06. The van der Waals surface area contributed by atoms with Gasteiger partial charge in [0.15, 0.2) is 0 Å². The van der Waals surface area contributed by atoms with E-state index in [0.717, 1.165) is 4.88 Å². The maximum Gasteiger partial charge on any atom is 0.242 e. The molecule has 0 aliphatic carbocycles. The molecule has 0 atom stereocenters. The molecule has 2 aromatic heterocycles. The van der Waals surface area contributed by atoms with Crippen molar-refractivity contribution in [1.82, 2.24) is 9.71 Å². The number of hydrogen-bond donors (Lipinski definition) is 1. The molecule has 1 N–H and O–H groups in total. The van der Waals surface area contributed by atoms with Gasteiger partial charge in [0.2, 0.25) is 10.0 Å². The van der Waals surface area contributed by atoms with Gasteiger partial charge in [-0.2, -0.15) is 0 Å². The minimum atomic E-state index is -3.54. The van der Waals surface area contributed by atoms with E-state index >= 15 is 0 Å². The molecule has 0 saturated heterocycles. The Balaban J connectivity index is 2.17. The van der Waals surface area contributed by atoms with Gasteiger partial charge in [-0.05, 0) is 30.0 Å². The highest BCUT2D eigenvalue weighted by Gasteiger charge is 2.15. The fourth-order valence-corrected chi connectivity index (χ4v) is 3.22. The maximum atomic E-state index is 12.0. The van der Waals surface area contributed by atoms with Crippen LogP contribution >= 0.6 is 22.9 Å². The van der Waals surface area contributed by atoms with Crippen LogP contribution in [-0.2, 0) is 16.6 Å². The lowest BCUT2D eigenvalue weighted by molar-refractivity contribution is 0.581. The predicted octanol–water partition coefficient (Wildman–Crippen LogP) is 2.58. The Morgan fingerprint density at radius 2 is 2.28 bits per heavy atom. The van der Waals surface area contributed by atoms with E-state index in [9.17, 15) is 8.42 Å². The van der Waals surface area contributed by atoms with Crippen LogP contribution < -0.4 is 4.72 Å². The third-order valence-corrected chi connectivity index (χ3v) is 4.96. The van der Waals surface area contributed by atoms with Gasteiger partial charge in [0.05, 0.1) is 0 Å². The normalized spacial score (nSPS) is 11.7. The lowest BCUT2D eigenvalue weighted by Crippen LogP contribution is -2.23. The van der Waals surface area contributed by atoms with Crippen molar-refractivity contribution in [3.05, 3.63) is 45.4 Å². The van der Waals surface area contributed by atoms with Crippen LogP contribution in [0.4, 0.5) is 0 Å². The summed E-state index contributed by atoms with van der Waals surface area (Å²) in [6.07, 6.45) is 1.26. The van der Waals surface area contributed by atoms with E-state index in [2.05, 4.69) is 9.71 Å². The van der Waals surface area contributed by atoms with E-state index in [1.165, 1.54) is 23.6 Å².